The fourth-order valence-electron chi connectivity index (χ4n) is 6.50. The Kier molecular flexibility index (Phi) is 9.29. The molecule has 12 heteroatoms. The van der Waals surface area contributed by atoms with E-state index in [0.29, 0.717) is 54.3 Å². The second-order valence-electron chi connectivity index (χ2n) is 12.7. The van der Waals surface area contributed by atoms with E-state index in [0.717, 1.165) is 16.8 Å². The molecule has 48 heavy (non-hydrogen) atoms. The average molecular weight is 659 g/mol. The van der Waals surface area contributed by atoms with Gasteiger partial charge in [-0.05, 0) is 74.4 Å². The van der Waals surface area contributed by atoms with Gasteiger partial charge in [-0.2, -0.15) is 0 Å². The van der Waals surface area contributed by atoms with Crippen molar-refractivity contribution in [3.05, 3.63) is 118 Å². The molecule has 2 aliphatic heterocycles. The summed E-state index contributed by atoms with van der Waals surface area (Å²) < 4.78 is 37.2. The summed E-state index contributed by atoms with van der Waals surface area (Å²) in [6.07, 6.45) is 5.77. The second-order valence-corrected chi connectivity index (χ2v) is 12.7. The number of aliphatic carboxylic acids is 1. The molecular weight excluding hydrogens is 618 g/mol. The minimum absolute atomic E-state index is 0.000747. The Morgan fingerprint density at radius 3 is 2.77 bits per heavy atom. The Hall–Kier alpha value is -5.07. The van der Waals surface area contributed by atoms with Crippen molar-refractivity contribution >= 4 is 16.9 Å². The molecule has 9 N–H and O–H groups in total. The standard InChI is InChI=1S/C36H40F2N6O4/c1-36(22-4-2-3-21(15-22)5-10-33(46)47)13-11-24(45)7-6-23(39)19-44(40)20-28-26-12-14-41-31(26)17-30(38)34(28)48-25-8-9-29(37)27(16-25)35-42-18-32(36)43-35/h2-4,8-9,12,14-19,24,35,41-43,45H,5-7,10-11,13,20,39-40H2,1H3,(H,46,47)/b23-19-. The van der Waals surface area contributed by atoms with Crippen molar-refractivity contribution in [2.75, 3.05) is 0 Å². The van der Waals surface area contributed by atoms with Crippen LogP contribution in [0.4, 0.5) is 8.78 Å². The van der Waals surface area contributed by atoms with Crippen LogP contribution in [0.1, 0.15) is 67.4 Å². The number of nitrogens with two attached hydrogens (primary N) is 2. The number of hydrogen-bond donors (Lipinski definition) is 7. The van der Waals surface area contributed by atoms with Crippen LogP contribution in [0.3, 0.4) is 0 Å². The Morgan fingerprint density at radius 2 is 1.96 bits per heavy atom. The summed E-state index contributed by atoms with van der Waals surface area (Å²) in [5, 5.41) is 29.1. The first kappa shape index (κ1) is 32.9. The zero-order valence-electron chi connectivity index (χ0n) is 26.6. The van der Waals surface area contributed by atoms with Crippen molar-refractivity contribution in [1.82, 2.24) is 20.6 Å². The lowest BCUT2D eigenvalue weighted by molar-refractivity contribution is -0.136. The number of benzene rings is 3. The first-order valence-electron chi connectivity index (χ1n) is 16.0. The molecule has 0 saturated carbocycles. The minimum atomic E-state index is -0.878. The van der Waals surface area contributed by atoms with Gasteiger partial charge >= 0.3 is 5.97 Å². The molecular formula is C36H40F2N6O4. The first-order chi connectivity index (χ1) is 23.0. The number of hydrazine groups is 1. The maximum absolute atomic E-state index is 15.6. The van der Waals surface area contributed by atoms with Crippen LogP contribution < -0.4 is 26.9 Å². The summed E-state index contributed by atoms with van der Waals surface area (Å²) in [4.78, 5) is 14.3. The molecule has 0 radical (unpaired) electrons. The van der Waals surface area contributed by atoms with E-state index < -0.39 is 35.3 Å². The maximum atomic E-state index is 15.6. The molecule has 10 nitrogen and oxygen atoms in total. The lowest BCUT2D eigenvalue weighted by Gasteiger charge is -2.34. The van der Waals surface area contributed by atoms with Crippen LogP contribution in [-0.4, -0.2) is 32.3 Å². The summed E-state index contributed by atoms with van der Waals surface area (Å²) in [5.74, 6) is 4.55. The topological polar surface area (TPSA) is 162 Å². The van der Waals surface area contributed by atoms with E-state index in [2.05, 4.69) is 15.6 Å². The maximum Gasteiger partial charge on any atom is 0.303 e. The smallest absolute Gasteiger partial charge is 0.303 e. The van der Waals surface area contributed by atoms with Gasteiger partial charge in [0.1, 0.15) is 17.7 Å². The van der Waals surface area contributed by atoms with Gasteiger partial charge in [0, 0.05) is 69.9 Å². The number of carboxylic acid groups (broad SMARTS) is 1. The third kappa shape index (κ3) is 6.95. The number of aromatic nitrogens is 1. The lowest BCUT2D eigenvalue weighted by Crippen LogP contribution is -2.34. The lowest BCUT2D eigenvalue weighted by atomic mass is 9.74. The van der Waals surface area contributed by atoms with Crippen LogP contribution in [0.15, 0.2) is 84.6 Å². The van der Waals surface area contributed by atoms with Gasteiger partial charge in [0.2, 0.25) is 0 Å². The molecule has 0 spiro atoms. The predicted octanol–water partition coefficient (Wildman–Crippen LogP) is 5.66. The summed E-state index contributed by atoms with van der Waals surface area (Å²) in [7, 11) is 0. The second kappa shape index (κ2) is 13.6. The molecule has 1 aromatic heterocycles. The van der Waals surface area contributed by atoms with Gasteiger partial charge in [-0.3, -0.25) is 4.79 Å². The van der Waals surface area contributed by atoms with Crippen LogP contribution in [-0.2, 0) is 23.2 Å². The van der Waals surface area contributed by atoms with E-state index in [4.69, 9.17) is 16.3 Å². The van der Waals surface area contributed by atoms with Crippen LogP contribution in [0.2, 0.25) is 0 Å². The first-order valence-corrected chi connectivity index (χ1v) is 16.0. The Morgan fingerprint density at radius 1 is 1.12 bits per heavy atom. The number of H-pyrrole nitrogens is 1. The fraction of sp³-hybridized carbons (Fsp3) is 0.306. The number of nitrogens with zero attached hydrogens (tertiary/aromatic N) is 1. The van der Waals surface area contributed by atoms with Crippen molar-refractivity contribution in [2.24, 2.45) is 11.6 Å². The fourth-order valence-corrected chi connectivity index (χ4v) is 6.50. The molecule has 3 atom stereocenters. The monoisotopic (exact) mass is 658 g/mol. The van der Waals surface area contributed by atoms with Gasteiger partial charge < -0.3 is 41.3 Å². The minimum Gasteiger partial charge on any atom is -0.481 e. The number of carboxylic acids is 1. The van der Waals surface area contributed by atoms with E-state index in [1.54, 1.807) is 24.7 Å². The number of rotatable bonds is 4. The number of hydrogen-bond acceptors (Lipinski definition) is 8. The van der Waals surface area contributed by atoms with Crippen molar-refractivity contribution in [1.29, 1.82) is 0 Å². The van der Waals surface area contributed by atoms with Gasteiger partial charge in [-0.15, -0.1) is 0 Å². The Labute approximate surface area is 277 Å². The van der Waals surface area contributed by atoms with Crippen molar-refractivity contribution in [2.45, 2.75) is 69.7 Å². The average Bonchev–Trinajstić information content (AvgIpc) is 3.74. The number of carbonyl (C=O) groups is 1. The van der Waals surface area contributed by atoms with Gasteiger partial charge in [0.15, 0.2) is 11.6 Å². The number of ether oxygens (including phenoxy) is 1. The zero-order valence-corrected chi connectivity index (χ0v) is 26.6. The van der Waals surface area contributed by atoms with Crippen LogP contribution >= 0.6 is 0 Å². The van der Waals surface area contributed by atoms with E-state index in [9.17, 15) is 15.0 Å². The van der Waals surface area contributed by atoms with Crippen LogP contribution in [0, 0.1) is 11.6 Å². The van der Waals surface area contributed by atoms with Gasteiger partial charge in [-0.1, -0.05) is 24.3 Å². The van der Waals surface area contributed by atoms with Crippen LogP contribution in [0.25, 0.3) is 10.9 Å². The number of aliphatic hydroxyl groups excluding tert-OH is 1. The molecule has 3 heterocycles. The third-order valence-corrected chi connectivity index (χ3v) is 9.26. The summed E-state index contributed by atoms with van der Waals surface area (Å²) in [6.45, 7) is 2.10. The Bertz CT molecular complexity index is 1890. The summed E-state index contributed by atoms with van der Waals surface area (Å²) in [6, 6.07) is 15.1. The number of halogens is 2. The molecule has 3 unspecified atom stereocenters. The largest absolute Gasteiger partial charge is 0.481 e. The van der Waals surface area contributed by atoms with Crippen molar-refractivity contribution < 1.29 is 28.5 Å². The van der Waals surface area contributed by atoms with Gasteiger partial charge in [-0.25, -0.2) is 14.6 Å². The predicted molar refractivity (Wildman–Crippen MR) is 178 cm³/mol. The van der Waals surface area contributed by atoms with Crippen molar-refractivity contribution in [3.8, 4) is 11.5 Å². The highest BCUT2D eigenvalue weighted by molar-refractivity contribution is 5.85. The molecule has 0 fully saturated rings. The number of allylic oxidation sites excluding steroid dienone is 2. The highest BCUT2D eigenvalue weighted by Gasteiger charge is 2.36. The molecule has 252 valence electrons. The number of nitrogens with one attached hydrogen (secondary N) is 3. The van der Waals surface area contributed by atoms with Gasteiger partial charge in [0.25, 0.3) is 0 Å². The highest BCUT2D eigenvalue weighted by Crippen LogP contribution is 2.41. The van der Waals surface area contributed by atoms with Crippen LogP contribution in [0.5, 0.6) is 11.5 Å². The molecule has 0 saturated heterocycles. The quantitative estimate of drug-likeness (QED) is 0.137. The SMILES string of the molecule is CC1(c2cccc(CCC(=O)O)c2)CCC(O)CC/C(N)=C/N(N)Cc2c(c(F)cc3[nH]ccc23)Oc2ccc(F)c(c2)C2NC=C1N2. The molecule has 4 aromatic rings. The molecule has 6 rings (SSSR count). The number of aromatic amines is 1. The third-order valence-electron chi connectivity index (χ3n) is 9.26. The summed E-state index contributed by atoms with van der Waals surface area (Å²) in [5.41, 5.74) is 9.97. The number of aryl methyl sites for hydroxylation is 1. The van der Waals surface area contributed by atoms with E-state index in [-0.39, 0.29) is 30.0 Å². The number of fused-ring (bicyclic) bond motifs is 8. The molecule has 0 aliphatic carbocycles. The van der Waals surface area contributed by atoms with Gasteiger partial charge in [0.05, 0.1) is 12.6 Å². The van der Waals surface area contributed by atoms with Crippen molar-refractivity contribution in [3.63, 3.8) is 0 Å². The molecule has 4 bridgehead atoms. The molecule has 2 aliphatic rings. The highest BCUT2D eigenvalue weighted by atomic mass is 19.1. The molecule has 3 aromatic carbocycles. The normalized spacial score (nSPS) is 22.9. The van der Waals surface area contributed by atoms with E-state index in [1.165, 1.54) is 29.3 Å². The zero-order chi connectivity index (χ0) is 34.0. The molecule has 0 amide bonds. The van der Waals surface area contributed by atoms with E-state index in [1.807, 2.05) is 31.2 Å². The number of aliphatic hydroxyl groups is 1. The summed E-state index contributed by atoms with van der Waals surface area (Å²) >= 11 is 0. The van der Waals surface area contributed by atoms with E-state index >= 15 is 8.78 Å². The Balaban J connectivity index is 1.40.